The van der Waals surface area contributed by atoms with E-state index in [1.807, 2.05) is 30.5 Å². The van der Waals surface area contributed by atoms with Gasteiger partial charge in [0.05, 0.1) is 17.2 Å². The van der Waals surface area contributed by atoms with Gasteiger partial charge < -0.3 is 9.80 Å². The van der Waals surface area contributed by atoms with Crippen LogP contribution in [0.5, 0.6) is 0 Å². The number of anilines is 1. The summed E-state index contributed by atoms with van der Waals surface area (Å²) in [5.41, 5.74) is 1.92. The van der Waals surface area contributed by atoms with E-state index in [0.717, 1.165) is 62.2 Å². The number of carbonyl (C=O) groups is 1. The zero-order chi connectivity index (χ0) is 18.9. The lowest BCUT2D eigenvalue weighted by Crippen LogP contribution is -2.48. The quantitative estimate of drug-likeness (QED) is 0.809. The lowest BCUT2D eigenvalue weighted by molar-refractivity contribution is -0.136. The molecule has 2 saturated heterocycles. The monoisotopic (exact) mass is 378 g/mol. The fraction of sp³-hybridized carbons (Fsp3) is 0.609. The standard InChI is InChI=1S/C23H30N4O/c28-23(18-9-10-18)27-13-5-1-2-8-21(27)17-11-14-26(15-12-17)22-16-24-19-6-3-4-7-20(19)25-22/h3-4,6-7,16-18,21H,1-2,5,8-15H2. The molecule has 2 aromatic rings. The van der Waals surface area contributed by atoms with Gasteiger partial charge >= 0.3 is 0 Å². The summed E-state index contributed by atoms with van der Waals surface area (Å²) in [6.45, 7) is 3.01. The van der Waals surface area contributed by atoms with E-state index in [1.165, 1.54) is 25.7 Å². The van der Waals surface area contributed by atoms with Crippen molar-refractivity contribution in [2.45, 2.75) is 57.4 Å². The van der Waals surface area contributed by atoms with Crippen molar-refractivity contribution < 1.29 is 4.79 Å². The van der Waals surface area contributed by atoms with Crippen LogP contribution in [0.15, 0.2) is 30.5 Å². The number of carbonyl (C=O) groups excluding carboxylic acids is 1. The predicted molar refractivity (Wildman–Crippen MR) is 111 cm³/mol. The smallest absolute Gasteiger partial charge is 0.225 e. The Bertz CT molecular complexity index is 841. The van der Waals surface area contributed by atoms with E-state index in [4.69, 9.17) is 4.98 Å². The fourth-order valence-electron chi connectivity index (χ4n) is 5.08. The van der Waals surface area contributed by atoms with Crippen LogP contribution in [0.2, 0.25) is 0 Å². The summed E-state index contributed by atoms with van der Waals surface area (Å²) in [5, 5.41) is 0. The molecule has 1 amide bonds. The van der Waals surface area contributed by atoms with Gasteiger partial charge in [-0.05, 0) is 56.6 Å². The van der Waals surface area contributed by atoms with Gasteiger partial charge in [0.25, 0.3) is 0 Å². The molecule has 0 bridgehead atoms. The summed E-state index contributed by atoms with van der Waals surface area (Å²) in [4.78, 5) is 26.9. The first-order chi connectivity index (χ1) is 13.8. The highest BCUT2D eigenvalue weighted by molar-refractivity contribution is 5.81. The molecule has 3 fully saturated rings. The predicted octanol–water partition coefficient (Wildman–Crippen LogP) is 4.03. The van der Waals surface area contributed by atoms with Gasteiger partial charge in [0.15, 0.2) is 0 Å². The molecule has 1 aromatic carbocycles. The van der Waals surface area contributed by atoms with E-state index in [0.29, 0.717) is 23.8 Å². The summed E-state index contributed by atoms with van der Waals surface area (Å²) >= 11 is 0. The molecule has 0 N–H and O–H groups in total. The number of fused-ring (bicyclic) bond motifs is 1. The molecular formula is C23H30N4O. The van der Waals surface area contributed by atoms with Crippen molar-refractivity contribution in [3.63, 3.8) is 0 Å². The van der Waals surface area contributed by atoms with Crippen LogP contribution >= 0.6 is 0 Å². The van der Waals surface area contributed by atoms with Gasteiger partial charge in [-0.25, -0.2) is 4.98 Å². The van der Waals surface area contributed by atoms with Crippen LogP contribution in [0.4, 0.5) is 5.82 Å². The summed E-state index contributed by atoms with van der Waals surface area (Å²) in [5.74, 6) is 2.41. The van der Waals surface area contributed by atoms with Crippen molar-refractivity contribution in [2.75, 3.05) is 24.5 Å². The van der Waals surface area contributed by atoms with Crippen LogP contribution in [-0.4, -0.2) is 46.5 Å². The molecule has 1 aliphatic carbocycles. The third-order valence-electron chi connectivity index (χ3n) is 6.85. The van der Waals surface area contributed by atoms with E-state index in [9.17, 15) is 4.79 Å². The maximum atomic E-state index is 12.9. The SMILES string of the molecule is O=C(C1CC1)N1CCCCCC1C1CCN(c2cnc3ccccc3n2)CC1. The molecule has 2 aliphatic heterocycles. The minimum absolute atomic E-state index is 0.341. The summed E-state index contributed by atoms with van der Waals surface area (Å²) in [6.07, 6.45) is 11.4. The van der Waals surface area contributed by atoms with Gasteiger partial charge in [-0.15, -0.1) is 0 Å². The molecule has 5 rings (SSSR count). The Morgan fingerprint density at radius 2 is 1.68 bits per heavy atom. The molecule has 1 saturated carbocycles. The zero-order valence-electron chi connectivity index (χ0n) is 16.6. The van der Waals surface area contributed by atoms with Crippen LogP contribution in [0, 0.1) is 11.8 Å². The molecule has 0 radical (unpaired) electrons. The number of para-hydroxylation sites is 2. The van der Waals surface area contributed by atoms with Crippen LogP contribution in [0.25, 0.3) is 11.0 Å². The Balaban J connectivity index is 1.27. The van der Waals surface area contributed by atoms with Crippen molar-refractivity contribution in [2.24, 2.45) is 11.8 Å². The van der Waals surface area contributed by atoms with E-state index in [2.05, 4.69) is 14.8 Å². The van der Waals surface area contributed by atoms with Gasteiger partial charge in [0.2, 0.25) is 5.91 Å². The first-order valence-electron chi connectivity index (χ1n) is 11.1. The van der Waals surface area contributed by atoms with Crippen LogP contribution in [0.1, 0.15) is 51.4 Å². The Morgan fingerprint density at radius 3 is 2.46 bits per heavy atom. The largest absolute Gasteiger partial charge is 0.355 e. The van der Waals surface area contributed by atoms with E-state index >= 15 is 0 Å². The number of benzene rings is 1. The van der Waals surface area contributed by atoms with Gasteiger partial charge in [-0.1, -0.05) is 25.0 Å². The van der Waals surface area contributed by atoms with Crippen molar-refractivity contribution in [1.82, 2.24) is 14.9 Å². The van der Waals surface area contributed by atoms with Crippen molar-refractivity contribution >= 4 is 22.8 Å². The summed E-state index contributed by atoms with van der Waals surface area (Å²) < 4.78 is 0. The molecule has 28 heavy (non-hydrogen) atoms. The molecule has 148 valence electrons. The molecule has 5 heteroatoms. The molecule has 1 unspecified atom stereocenters. The number of piperidine rings is 1. The third-order valence-corrected chi connectivity index (χ3v) is 6.85. The molecule has 3 heterocycles. The number of hydrogen-bond donors (Lipinski definition) is 0. The number of amides is 1. The second-order valence-corrected chi connectivity index (χ2v) is 8.76. The van der Waals surface area contributed by atoms with Gasteiger partial charge in [0.1, 0.15) is 5.82 Å². The second-order valence-electron chi connectivity index (χ2n) is 8.76. The molecule has 1 atom stereocenters. The highest BCUT2D eigenvalue weighted by Gasteiger charge is 2.39. The number of likely N-dealkylation sites (tertiary alicyclic amines) is 1. The Kier molecular flexibility index (Phi) is 4.91. The number of aromatic nitrogens is 2. The van der Waals surface area contributed by atoms with Crippen LogP contribution < -0.4 is 4.90 Å². The summed E-state index contributed by atoms with van der Waals surface area (Å²) in [6, 6.07) is 8.52. The highest BCUT2D eigenvalue weighted by Crippen LogP contribution is 2.36. The van der Waals surface area contributed by atoms with Crippen molar-refractivity contribution in [3.8, 4) is 0 Å². The lowest BCUT2D eigenvalue weighted by atomic mass is 9.86. The highest BCUT2D eigenvalue weighted by atomic mass is 16.2. The van der Waals surface area contributed by atoms with E-state index in [-0.39, 0.29) is 0 Å². The minimum atomic E-state index is 0.341. The molecule has 5 nitrogen and oxygen atoms in total. The Morgan fingerprint density at radius 1 is 0.893 bits per heavy atom. The van der Waals surface area contributed by atoms with Gasteiger partial charge in [0, 0.05) is 31.6 Å². The zero-order valence-corrected chi connectivity index (χ0v) is 16.6. The maximum Gasteiger partial charge on any atom is 0.225 e. The molecule has 3 aliphatic rings. The normalized spacial score (nSPS) is 24.4. The molecule has 0 spiro atoms. The average molecular weight is 379 g/mol. The van der Waals surface area contributed by atoms with Gasteiger partial charge in [-0.3, -0.25) is 9.78 Å². The number of rotatable bonds is 3. The third kappa shape index (κ3) is 3.59. The second kappa shape index (κ2) is 7.69. The van der Waals surface area contributed by atoms with Crippen LogP contribution in [-0.2, 0) is 4.79 Å². The van der Waals surface area contributed by atoms with Crippen LogP contribution in [0.3, 0.4) is 0 Å². The first kappa shape index (κ1) is 17.9. The number of hydrogen-bond acceptors (Lipinski definition) is 4. The molecular weight excluding hydrogens is 348 g/mol. The van der Waals surface area contributed by atoms with E-state index in [1.54, 1.807) is 0 Å². The minimum Gasteiger partial charge on any atom is -0.355 e. The van der Waals surface area contributed by atoms with Crippen molar-refractivity contribution in [1.29, 1.82) is 0 Å². The maximum absolute atomic E-state index is 12.9. The average Bonchev–Trinajstić information content (AvgIpc) is 3.60. The fourth-order valence-corrected chi connectivity index (χ4v) is 5.08. The van der Waals surface area contributed by atoms with Gasteiger partial charge in [-0.2, -0.15) is 0 Å². The lowest BCUT2D eigenvalue weighted by Gasteiger charge is -2.41. The van der Waals surface area contributed by atoms with E-state index < -0.39 is 0 Å². The Hall–Kier alpha value is -2.17. The molecule has 1 aromatic heterocycles. The topological polar surface area (TPSA) is 49.3 Å². The number of nitrogens with zero attached hydrogens (tertiary/aromatic N) is 4. The first-order valence-corrected chi connectivity index (χ1v) is 11.1. The van der Waals surface area contributed by atoms with Crippen molar-refractivity contribution in [3.05, 3.63) is 30.5 Å². The summed E-state index contributed by atoms with van der Waals surface area (Å²) in [7, 11) is 0. The Labute approximate surface area is 167 Å².